The minimum atomic E-state index is -0.856. The van der Waals surface area contributed by atoms with Gasteiger partial charge in [-0.15, -0.1) is 10.2 Å². The van der Waals surface area contributed by atoms with E-state index in [1.54, 1.807) is 0 Å². The van der Waals surface area contributed by atoms with Crippen molar-refractivity contribution in [2.24, 2.45) is 7.05 Å². The molecule has 0 radical (unpaired) electrons. The van der Waals surface area contributed by atoms with Gasteiger partial charge in [0.1, 0.15) is 0 Å². The molecule has 20 heavy (non-hydrogen) atoms. The van der Waals surface area contributed by atoms with Gasteiger partial charge in [0, 0.05) is 13.6 Å². The second-order valence-corrected chi connectivity index (χ2v) is 5.82. The lowest BCUT2D eigenvalue weighted by atomic mass is 10.1. The van der Waals surface area contributed by atoms with E-state index in [9.17, 15) is 4.79 Å². The van der Waals surface area contributed by atoms with Crippen LogP contribution >= 0.6 is 11.8 Å². The summed E-state index contributed by atoms with van der Waals surface area (Å²) in [5, 5.41) is 17.7. The third-order valence-corrected chi connectivity index (χ3v) is 4.34. The standard InChI is InChI=1S/C12H20N4O3S/c1-4-9-6-19-8(2)5-16(9)11-13-14-12(15(11)3)20-7-10(17)18/h8-9H,4-7H2,1-3H3,(H,17,18). The fourth-order valence-electron chi connectivity index (χ4n) is 2.24. The molecule has 1 aromatic rings. The normalized spacial score (nSPS) is 23.1. The molecule has 0 aliphatic carbocycles. The fourth-order valence-corrected chi connectivity index (χ4v) is 2.86. The van der Waals surface area contributed by atoms with Crippen molar-refractivity contribution in [2.45, 2.75) is 37.6 Å². The maximum atomic E-state index is 10.6. The molecule has 2 unspecified atom stereocenters. The second-order valence-electron chi connectivity index (χ2n) is 4.88. The molecule has 1 aromatic heterocycles. The number of carboxylic acids is 1. The lowest BCUT2D eigenvalue weighted by Crippen LogP contribution is -2.49. The summed E-state index contributed by atoms with van der Waals surface area (Å²) in [7, 11) is 1.87. The number of hydrogen-bond acceptors (Lipinski definition) is 6. The molecule has 7 nitrogen and oxygen atoms in total. The van der Waals surface area contributed by atoms with E-state index in [4.69, 9.17) is 9.84 Å². The van der Waals surface area contributed by atoms with Crippen molar-refractivity contribution in [3.8, 4) is 0 Å². The molecule has 2 heterocycles. The molecule has 0 saturated carbocycles. The number of rotatable bonds is 5. The molecule has 2 rings (SSSR count). The zero-order valence-corrected chi connectivity index (χ0v) is 12.8. The molecule has 1 aliphatic heterocycles. The van der Waals surface area contributed by atoms with E-state index in [0.29, 0.717) is 11.8 Å². The van der Waals surface area contributed by atoms with E-state index in [1.165, 1.54) is 11.8 Å². The highest BCUT2D eigenvalue weighted by Crippen LogP contribution is 2.25. The third kappa shape index (κ3) is 3.24. The number of hydrogen-bond donors (Lipinski definition) is 1. The minimum absolute atomic E-state index is 0.0112. The van der Waals surface area contributed by atoms with E-state index in [2.05, 4.69) is 22.0 Å². The quantitative estimate of drug-likeness (QED) is 0.812. The fraction of sp³-hybridized carbons (Fsp3) is 0.750. The topological polar surface area (TPSA) is 80.5 Å². The van der Waals surface area contributed by atoms with Crippen LogP contribution in [0.2, 0.25) is 0 Å². The zero-order valence-electron chi connectivity index (χ0n) is 11.9. The van der Waals surface area contributed by atoms with Gasteiger partial charge in [0.25, 0.3) is 0 Å². The molecule has 1 N–H and O–H groups in total. The Hall–Kier alpha value is -1.28. The molecule has 1 saturated heterocycles. The molecule has 2 atom stereocenters. The number of carboxylic acid groups (broad SMARTS) is 1. The lowest BCUT2D eigenvalue weighted by molar-refractivity contribution is -0.133. The van der Waals surface area contributed by atoms with Crippen LogP contribution in [0.3, 0.4) is 0 Å². The lowest BCUT2D eigenvalue weighted by Gasteiger charge is -2.38. The largest absolute Gasteiger partial charge is 0.481 e. The Morgan fingerprint density at radius 1 is 1.55 bits per heavy atom. The van der Waals surface area contributed by atoms with Crippen LogP contribution in [0.1, 0.15) is 20.3 Å². The summed E-state index contributed by atoms with van der Waals surface area (Å²) < 4.78 is 7.53. The Balaban J connectivity index is 2.16. The van der Waals surface area contributed by atoms with Crippen LogP contribution in [0.5, 0.6) is 0 Å². The number of aliphatic carboxylic acids is 1. The maximum absolute atomic E-state index is 10.6. The van der Waals surface area contributed by atoms with Gasteiger partial charge in [-0.3, -0.25) is 9.36 Å². The van der Waals surface area contributed by atoms with Crippen molar-refractivity contribution in [3.63, 3.8) is 0 Å². The first-order valence-corrected chi connectivity index (χ1v) is 7.63. The van der Waals surface area contributed by atoms with E-state index in [-0.39, 0.29) is 17.9 Å². The van der Waals surface area contributed by atoms with E-state index in [0.717, 1.165) is 18.9 Å². The van der Waals surface area contributed by atoms with Crippen LogP contribution in [0.25, 0.3) is 0 Å². The van der Waals surface area contributed by atoms with Crippen LogP contribution in [-0.4, -0.2) is 56.9 Å². The number of morpholine rings is 1. The van der Waals surface area contributed by atoms with Crippen LogP contribution in [-0.2, 0) is 16.6 Å². The van der Waals surface area contributed by atoms with Gasteiger partial charge in [0.15, 0.2) is 5.16 Å². The molecular formula is C12H20N4O3S. The molecule has 0 aromatic carbocycles. The van der Waals surface area contributed by atoms with Gasteiger partial charge in [0.05, 0.1) is 24.5 Å². The smallest absolute Gasteiger partial charge is 0.313 e. The van der Waals surface area contributed by atoms with Gasteiger partial charge in [-0.25, -0.2) is 0 Å². The predicted octanol–water partition coefficient (Wildman–Crippen LogP) is 0.996. The van der Waals surface area contributed by atoms with Crippen molar-refractivity contribution < 1.29 is 14.6 Å². The first-order valence-electron chi connectivity index (χ1n) is 6.65. The first-order chi connectivity index (χ1) is 9.52. The first kappa shape index (κ1) is 15.1. The van der Waals surface area contributed by atoms with E-state index in [1.807, 2.05) is 18.5 Å². The number of nitrogens with zero attached hydrogens (tertiary/aromatic N) is 4. The van der Waals surface area contributed by atoms with Crippen molar-refractivity contribution in [2.75, 3.05) is 23.8 Å². The number of thioether (sulfide) groups is 1. The van der Waals surface area contributed by atoms with E-state index < -0.39 is 5.97 Å². The van der Waals surface area contributed by atoms with Crippen molar-refractivity contribution in [1.29, 1.82) is 0 Å². The Morgan fingerprint density at radius 3 is 2.95 bits per heavy atom. The van der Waals surface area contributed by atoms with Crippen molar-refractivity contribution >= 4 is 23.7 Å². The minimum Gasteiger partial charge on any atom is -0.481 e. The van der Waals surface area contributed by atoms with Gasteiger partial charge < -0.3 is 14.7 Å². The average Bonchev–Trinajstić information content (AvgIpc) is 2.77. The maximum Gasteiger partial charge on any atom is 0.313 e. The van der Waals surface area contributed by atoms with Gasteiger partial charge in [-0.05, 0) is 13.3 Å². The van der Waals surface area contributed by atoms with Gasteiger partial charge in [-0.2, -0.15) is 0 Å². The summed E-state index contributed by atoms with van der Waals surface area (Å²) in [6.45, 7) is 5.61. The summed E-state index contributed by atoms with van der Waals surface area (Å²) in [4.78, 5) is 12.8. The van der Waals surface area contributed by atoms with Crippen LogP contribution in [0.4, 0.5) is 5.95 Å². The zero-order chi connectivity index (χ0) is 14.7. The summed E-state index contributed by atoms with van der Waals surface area (Å²) in [6, 6.07) is 0.284. The van der Waals surface area contributed by atoms with Crippen LogP contribution < -0.4 is 4.90 Å². The predicted molar refractivity (Wildman–Crippen MR) is 76.2 cm³/mol. The molecule has 1 aliphatic rings. The highest BCUT2D eigenvalue weighted by Gasteiger charge is 2.29. The van der Waals surface area contributed by atoms with Gasteiger partial charge in [0.2, 0.25) is 5.95 Å². The van der Waals surface area contributed by atoms with Gasteiger partial charge in [-0.1, -0.05) is 18.7 Å². The summed E-state index contributed by atoms with van der Waals surface area (Å²) in [5.74, 6) is -0.0891. The molecule has 0 bridgehead atoms. The van der Waals surface area contributed by atoms with Crippen molar-refractivity contribution in [3.05, 3.63) is 0 Å². The average molecular weight is 300 g/mol. The molecule has 1 fully saturated rings. The van der Waals surface area contributed by atoms with Crippen LogP contribution in [0, 0.1) is 0 Å². The summed E-state index contributed by atoms with van der Waals surface area (Å²) >= 11 is 1.18. The summed E-state index contributed by atoms with van der Waals surface area (Å²) in [5.41, 5.74) is 0. The SMILES string of the molecule is CCC1COC(C)CN1c1nnc(SCC(=O)O)n1C. The molecule has 8 heteroatoms. The number of ether oxygens (including phenoxy) is 1. The Bertz CT molecular complexity index is 479. The highest BCUT2D eigenvalue weighted by atomic mass is 32.2. The monoisotopic (exact) mass is 300 g/mol. The molecule has 0 spiro atoms. The van der Waals surface area contributed by atoms with E-state index >= 15 is 0 Å². The molecule has 0 amide bonds. The Morgan fingerprint density at radius 2 is 2.30 bits per heavy atom. The highest BCUT2D eigenvalue weighted by molar-refractivity contribution is 7.99. The Labute approximate surface area is 122 Å². The second kappa shape index (κ2) is 6.45. The van der Waals surface area contributed by atoms with Crippen LogP contribution in [0.15, 0.2) is 5.16 Å². The molecule has 112 valence electrons. The Kier molecular flexibility index (Phi) is 4.87. The number of carbonyl (C=O) groups is 1. The van der Waals surface area contributed by atoms with Gasteiger partial charge >= 0.3 is 5.97 Å². The molecular weight excluding hydrogens is 280 g/mol. The third-order valence-electron chi connectivity index (χ3n) is 3.33. The van der Waals surface area contributed by atoms with Crippen molar-refractivity contribution in [1.82, 2.24) is 14.8 Å². The number of aromatic nitrogens is 3. The number of anilines is 1. The summed E-state index contributed by atoms with van der Waals surface area (Å²) in [6.07, 6.45) is 1.13.